The van der Waals surface area contributed by atoms with Crippen LogP contribution >= 0.6 is 11.3 Å². The van der Waals surface area contributed by atoms with Gasteiger partial charge in [0, 0.05) is 18.1 Å². The Balaban J connectivity index is 1.76. The molecule has 4 nitrogen and oxygen atoms in total. The van der Waals surface area contributed by atoms with Crippen molar-refractivity contribution >= 4 is 33.1 Å². The van der Waals surface area contributed by atoms with Crippen molar-refractivity contribution in [2.75, 3.05) is 12.3 Å². The maximum Gasteiger partial charge on any atom is 0.263 e. The van der Waals surface area contributed by atoms with E-state index in [0.29, 0.717) is 16.0 Å². The standard InChI is InChI=1S/C16H21N3OS/c1-2-16(7-3-4-8-16)10-19-14(20)13-12(17)11-6-5-9-18-15(11)21-13/h5-6,9H,2-4,7-8,10,17H2,1H3,(H,19,20). The van der Waals surface area contributed by atoms with Gasteiger partial charge in [0.1, 0.15) is 9.71 Å². The number of hydrogen-bond acceptors (Lipinski definition) is 4. The number of thiophene rings is 1. The molecule has 2 heterocycles. The second-order valence-electron chi connectivity index (χ2n) is 5.94. The molecule has 0 atom stereocenters. The molecule has 1 aliphatic carbocycles. The molecule has 112 valence electrons. The van der Waals surface area contributed by atoms with Crippen LogP contribution in [-0.4, -0.2) is 17.4 Å². The lowest BCUT2D eigenvalue weighted by Gasteiger charge is -2.27. The van der Waals surface area contributed by atoms with Crippen molar-refractivity contribution in [2.45, 2.75) is 39.0 Å². The van der Waals surface area contributed by atoms with E-state index in [1.807, 2.05) is 12.1 Å². The number of nitrogens with zero attached hydrogens (tertiary/aromatic N) is 1. The molecule has 5 heteroatoms. The van der Waals surface area contributed by atoms with E-state index in [1.165, 1.54) is 37.0 Å². The van der Waals surface area contributed by atoms with Crippen molar-refractivity contribution in [3.8, 4) is 0 Å². The van der Waals surface area contributed by atoms with Crippen LogP contribution in [0.1, 0.15) is 48.7 Å². The molecule has 1 saturated carbocycles. The van der Waals surface area contributed by atoms with E-state index in [0.717, 1.165) is 23.2 Å². The SMILES string of the molecule is CCC1(CNC(=O)c2sc3ncccc3c2N)CCCC1. The topological polar surface area (TPSA) is 68.0 Å². The minimum Gasteiger partial charge on any atom is -0.397 e. The summed E-state index contributed by atoms with van der Waals surface area (Å²) in [4.78, 5) is 18.1. The minimum absolute atomic E-state index is 0.0600. The second kappa shape index (κ2) is 5.64. The normalized spacial score (nSPS) is 17.2. The van der Waals surface area contributed by atoms with Crippen LogP contribution < -0.4 is 11.1 Å². The summed E-state index contributed by atoms with van der Waals surface area (Å²) in [7, 11) is 0. The molecule has 0 aromatic carbocycles. The van der Waals surface area contributed by atoms with E-state index in [4.69, 9.17) is 5.73 Å². The Labute approximate surface area is 128 Å². The Bertz CT molecular complexity index is 659. The van der Waals surface area contributed by atoms with Gasteiger partial charge in [-0.3, -0.25) is 4.79 Å². The third-order valence-corrected chi connectivity index (χ3v) is 5.88. The summed E-state index contributed by atoms with van der Waals surface area (Å²) in [5, 5.41) is 3.97. The molecule has 3 N–H and O–H groups in total. The van der Waals surface area contributed by atoms with Crippen LogP contribution in [0.2, 0.25) is 0 Å². The number of nitrogen functional groups attached to an aromatic ring is 1. The number of anilines is 1. The van der Waals surface area contributed by atoms with Crippen molar-refractivity contribution in [1.29, 1.82) is 0 Å². The fourth-order valence-corrected chi connectivity index (χ4v) is 4.23. The van der Waals surface area contributed by atoms with Crippen molar-refractivity contribution in [1.82, 2.24) is 10.3 Å². The Kier molecular flexibility index (Phi) is 3.85. The Morgan fingerprint density at radius 1 is 1.48 bits per heavy atom. The predicted octanol–water partition coefficient (Wildman–Crippen LogP) is 3.58. The van der Waals surface area contributed by atoms with Crippen LogP contribution in [0.25, 0.3) is 10.2 Å². The van der Waals surface area contributed by atoms with Crippen LogP contribution in [-0.2, 0) is 0 Å². The van der Waals surface area contributed by atoms with E-state index < -0.39 is 0 Å². The minimum atomic E-state index is -0.0600. The third-order valence-electron chi connectivity index (χ3n) is 4.75. The number of aromatic nitrogens is 1. The molecule has 0 saturated heterocycles. The first-order valence-electron chi connectivity index (χ1n) is 7.56. The van der Waals surface area contributed by atoms with E-state index in [-0.39, 0.29) is 5.91 Å². The van der Waals surface area contributed by atoms with Crippen LogP contribution in [0.4, 0.5) is 5.69 Å². The number of fused-ring (bicyclic) bond motifs is 1. The second-order valence-corrected chi connectivity index (χ2v) is 6.94. The number of rotatable bonds is 4. The van der Waals surface area contributed by atoms with Gasteiger partial charge in [0.05, 0.1) is 5.69 Å². The average Bonchev–Trinajstić information content (AvgIpc) is 3.11. The summed E-state index contributed by atoms with van der Waals surface area (Å²) in [5.74, 6) is -0.0600. The largest absolute Gasteiger partial charge is 0.397 e. The molecule has 2 aromatic heterocycles. The molecule has 0 radical (unpaired) electrons. The fraction of sp³-hybridized carbons (Fsp3) is 0.500. The quantitative estimate of drug-likeness (QED) is 0.907. The third kappa shape index (κ3) is 2.62. The fourth-order valence-electron chi connectivity index (χ4n) is 3.25. The number of amides is 1. The number of nitrogens with two attached hydrogens (primary N) is 1. The summed E-state index contributed by atoms with van der Waals surface area (Å²) in [5.41, 5.74) is 6.94. The lowest BCUT2D eigenvalue weighted by Crippen LogP contribution is -2.35. The Hall–Kier alpha value is -1.62. The highest BCUT2D eigenvalue weighted by Crippen LogP contribution is 2.40. The van der Waals surface area contributed by atoms with Gasteiger partial charge in [-0.1, -0.05) is 19.8 Å². The number of nitrogens with one attached hydrogen (secondary N) is 1. The molecule has 0 unspecified atom stereocenters. The summed E-state index contributed by atoms with van der Waals surface area (Å²) < 4.78 is 0. The zero-order valence-electron chi connectivity index (χ0n) is 12.3. The first-order chi connectivity index (χ1) is 10.2. The molecular formula is C16H21N3OS. The van der Waals surface area contributed by atoms with Crippen LogP contribution in [0.15, 0.2) is 18.3 Å². The van der Waals surface area contributed by atoms with Crippen LogP contribution in [0, 0.1) is 5.41 Å². The summed E-state index contributed by atoms with van der Waals surface area (Å²) in [6, 6.07) is 3.76. The highest BCUT2D eigenvalue weighted by Gasteiger charge is 2.32. The number of hydrogen-bond donors (Lipinski definition) is 2. The van der Waals surface area contributed by atoms with Gasteiger partial charge in [-0.2, -0.15) is 0 Å². The molecule has 1 fully saturated rings. The number of pyridine rings is 1. The average molecular weight is 303 g/mol. The van der Waals surface area contributed by atoms with Gasteiger partial charge in [0.15, 0.2) is 0 Å². The van der Waals surface area contributed by atoms with Crippen LogP contribution in [0.5, 0.6) is 0 Å². The molecule has 1 aliphatic rings. The van der Waals surface area contributed by atoms with Crippen molar-refractivity contribution < 1.29 is 4.79 Å². The van der Waals surface area contributed by atoms with Gasteiger partial charge in [-0.05, 0) is 36.8 Å². The van der Waals surface area contributed by atoms with E-state index in [9.17, 15) is 4.79 Å². The van der Waals surface area contributed by atoms with Gasteiger partial charge in [0.2, 0.25) is 0 Å². The van der Waals surface area contributed by atoms with Crippen molar-refractivity contribution in [3.05, 3.63) is 23.2 Å². The zero-order chi connectivity index (χ0) is 14.9. The predicted molar refractivity (Wildman–Crippen MR) is 87.6 cm³/mol. The molecule has 0 bridgehead atoms. The summed E-state index contributed by atoms with van der Waals surface area (Å²) >= 11 is 1.37. The first kappa shape index (κ1) is 14.3. The Morgan fingerprint density at radius 3 is 2.90 bits per heavy atom. The summed E-state index contributed by atoms with van der Waals surface area (Å²) in [6.07, 6.45) is 7.83. The Morgan fingerprint density at radius 2 is 2.24 bits per heavy atom. The first-order valence-corrected chi connectivity index (χ1v) is 8.38. The monoisotopic (exact) mass is 303 g/mol. The van der Waals surface area contributed by atoms with Crippen molar-refractivity contribution in [2.24, 2.45) is 5.41 Å². The van der Waals surface area contributed by atoms with Gasteiger partial charge in [0.25, 0.3) is 5.91 Å². The maximum absolute atomic E-state index is 12.4. The van der Waals surface area contributed by atoms with Gasteiger partial charge in [-0.15, -0.1) is 11.3 Å². The van der Waals surface area contributed by atoms with Gasteiger partial charge >= 0.3 is 0 Å². The van der Waals surface area contributed by atoms with Crippen LogP contribution in [0.3, 0.4) is 0 Å². The zero-order valence-corrected chi connectivity index (χ0v) is 13.1. The highest BCUT2D eigenvalue weighted by molar-refractivity contribution is 7.21. The summed E-state index contributed by atoms with van der Waals surface area (Å²) in [6.45, 7) is 2.97. The maximum atomic E-state index is 12.4. The van der Waals surface area contributed by atoms with Gasteiger partial charge < -0.3 is 11.1 Å². The molecule has 3 rings (SSSR count). The van der Waals surface area contributed by atoms with E-state index in [2.05, 4.69) is 17.2 Å². The van der Waals surface area contributed by atoms with Gasteiger partial charge in [-0.25, -0.2) is 4.98 Å². The van der Waals surface area contributed by atoms with E-state index in [1.54, 1.807) is 6.20 Å². The molecule has 0 spiro atoms. The smallest absolute Gasteiger partial charge is 0.263 e. The lowest BCUT2D eigenvalue weighted by atomic mass is 9.83. The molecule has 2 aromatic rings. The van der Waals surface area contributed by atoms with E-state index >= 15 is 0 Å². The van der Waals surface area contributed by atoms with Crippen molar-refractivity contribution in [3.63, 3.8) is 0 Å². The molecule has 0 aliphatic heterocycles. The molecule has 1 amide bonds. The molecule has 21 heavy (non-hydrogen) atoms. The molecular weight excluding hydrogens is 282 g/mol. The number of carbonyl (C=O) groups excluding carboxylic acids is 1. The number of carbonyl (C=O) groups is 1. The highest BCUT2D eigenvalue weighted by atomic mass is 32.1. The lowest BCUT2D eigenvalue weighted by molar-refractivity contribution is 0.0933.